The standard InChI is InChI=1S/C18H14N4O5/c23-17-16(21-19-12-3-1-2-11(8-12)18(24)25)15(20-22-17)10-4-5-13-14(9-10)27-7-6-26-13/h1-5,8-9H,6-7H2,(H,24,25)(H2,20,22,23). The van der Waals surface area contributed by atoms with Crippen LogP contribution < -0.4 is 15.0 Å². The molecule has 0 bridgehead atoms. The van der Waals surface area contributed by atoms with Gasteiger partial charge in [0.05, 0.1) is 16.9 Å². The Bertz CT molecular complexity index is 1100. The molecule has 9 nitrogen and oxygen atoms in total. The summed E-state index contributed by atoms with van der Waals surface area (Å²) in [7, 11) is 0. The van der Waals surface area contributed by atoms with E-state index in [0.29, 0.717) is 41.7 Å². The van der Waals surface area contributed by atoms with Crippen molar-refractivity contribution in [1.29, 1.82) is 0 Å². The molecule has 0 radical (unpaired) electrons. The molecular weight excluding hydrogens is 352 g/mol. The number of rotatable bonds is 4. The number of nitrogens with zero attached hydrogens (tertiary/aromatic N) is 2. The highest BCUT2D eigenvalue weighted by Crippen LogP contribution is 2.36. The lowest BCUT2D eigenvalue weighted by Gasteiger charge is -2.18. The summed E-state index contributed by atoms with van der Waals surface area (Å²) < 4.78 is 11.1. The predicted molar refractivity (Wildman–Crippen MR) is 95.4 cm³/mol. The zero-order valence-corrected chi connectivity index (χ0v) is 13.9. The smallest absolute Gasteiger partial charge is 0.335 e. The minimum absolute atomic E-state index is 0.0763. The number of carboxylic acids is 1. The second-order valence-electron chi connectivity index (χ2n) is 5.72. The zero-order valence-electron chi connectivity index (χ0n) is 13.9. The summed E-state index contributed by atoms with van der Waals surface area (Å²) in [5.74, 6) is 0.151. The number of carboxylic acid groups (broad SMARTS) is 1. The first-order valence-corrected chi connectivity index (χ1v) is 8.07. The number of hydrogen-bond acceptors (Lipinski definition) is 6. The Balaban J connectivity index is 1.69. The minimum Gasteiger partial charge on any atom is -0.486 e. The van der Waals surface area contributed by atoms with Crippen molar-refractivity contribution in [3.8, 4) is 22.8 Å². The van der Waals surface area contributed by atoms with Gasteiger partial charge in [-0.25, -0.2) is 4.79 Å². The van der Waals surface area contributed by atoms with Gasteiger partial charge in [0.1, 0.15) is 13.2 Å². The number of benzene rings is 2. The Labute approximate surface area is 152 Å². The van der Waals surface area contributed by atoms with Crippen molar-refractivity contribution in [2.45, 2.75) is 0 Å². The van der Waals surface area contributed by atoms with Gasteiger partial charge in [0, 0.05) is 5.56 Å². The first-order valence-electron chi connectivity index (χ1n) is 8.07. The number of hydrogen-bond donors (Lipinski definition) is 3. The Morgan fingerprint density at radius 3 is 2.63 bits per heavy atom. The molecule has 3 N–H and O–H groups in total. The van der Waals surface area contributed by atoms with Crippen molar-refractivity contribution < 1.29 is 19.4 Å². The molecule has 2 aromatic carbocycles. The minimum atomic E-state index is -1.07. The summed E-state index contributed by atoms with van der Waals surface area (Å²) in [6.45, 7) is 0.939. The lowest BCUT2D eigenvalue weighted by atomic mass is 10.1. The van der Waals surface area contributed by atoms with Crippen LogP contribution in [0.3, 0.4) is 0 Å². The maximum atomic E-state index is 12.1. The first kappa shape index (κ1) is 16.6. The van der Waals surface area contributed by atoms with Crippen molar-refractivity contribution in [3.63, 3.8) is 0 Å². The van der Waals surface area contributed by atoms with Gasteiger partial charge in [-0.15, -0.1) is 5.11 Å². The molecule has 0 amide bonds. The van der Waals surface area contributed by atoms with E-state index in [2.05, 4.69) is 20.4 Å². The molecule has 27 heavy (non-hydrogen) atoms. The van der Waals surface area contributed by atoms with Crippen LogP contribution in [0.25, 0.3) is 11.3 Å². The predicted octanol–water partition coefficient (Wildman–Crippen LogP) is 3.25. The van der Waals surface area contributed by atoms with Crippen LogP contribution in [0.1, 0.15) is 10.4 Å². The molecule has 0 saturated heterocycles. The Hall–Kier alpha value is -3.88. The highest BCUT2D eigenvalue weighted by Gasteiger charge is 2.17. The van der Waals surface area contributed by atoms with Gasteiger partial charge in [0.25, 0.3) is 5.56 Å². The zero-order chi connectivity index (χ0) is 18.8. The number of nitrogens with one attached hydrogen (secondary N) is 2. The van der Waals surface area contributed by atoms with Crippen LogP contribution in [-0.2, 0) is 0 Å². The van der Waals surface area contributed by atoms with Gasteiger partial charge in [0.15, 0.2) is 17.2 Å². The van der Waals surface area contributed by atoms with Crippen molar-refractivity contribution >= 4 is 17.3 Å². The van der Waals surface area contributed by atoms with Crippen LogP contribution in [0.15, 0.2) is 57.5 Å². The Kier molecular flexibility index (Phi) is 4.17. The van der Waals surface area contributed by atoms with E-state index >= 15 is 0 Å². The molecule has 0 aliphatic carbocycles. The number of azo groups is 1. The first-order chi connectivity index (χ1) is 13.1. The number of fused-ring (bicyclic) bond motifs is 1. The fraction of sp³-hybridized carbons (Fsp3) is 0.111. The SMILES string of the molecule is O=C(O)c1cccc(N=Nc2c(-c3ccc4c(c3)OCCO4)[nH][nH]c2=O)c1. The van der Waals surface area contributed by atoms with E-state index in [1.807, 2.05) is 0 Å². The summed E-state index contributed by atoms with van der Waals surface area (Å²) in [6.07, 6.45) is 0. The van der Waals surface area contributed by atoms with E-state index < -0.39 is 11.5 Å². The maximum Gasteiger partial charge on any atom is 0.335 e. The molecule has 1 aliphatic rings. The Morgan fingerprint density at radius 2 is 1.81 bits per heavy atom. The third-order valence-electron chi connectivity index (χ3n) is 3.94. The van der Waals surface area contributed by atoms with Crippen molar-refractivity contribution in [2.24, 2.45) is 10.2 Å². The fourth-order valence-corrected chi connectivity index (χ4v) is 2.66. The average molecular weight is 366 g/mol. The third kappa shape index (κ3) is 3.30. The number of aromatic nitrogens is 2. The number of aromatic carboxylic acids is 1. The number of aromatic amines is 2. The van der Waals surface area contributed by atoms with E-state index in [1.165, 1.54) is 12.1 Å². The summed E-state index contributed by atoms with van der Waals surface area (Å²) in [4.78, 5) is 23.2. The van der Waals surface area contributed by atoms with Crippen LogP contribution in [0.4, 0.5) is 11.4 Å². The molecule has 0 atom stereocenters. The molecule has 0 unspecified atom stereocenters. The highest BCUT2D eigenvalue weighted by atomic mass is 16.6. The maximum absolute atomic E-state index is 12.1. The van der Waals surface area contributed by atoms with Crippen LogP contribution in [0.5, 0.6) is 11.5 Å². The number of H-pyrrole nitrogens is 2. The van der Waals surface area contributed by atoms with E-state index in [0.717, 1.165) is 0 Å². The quantitative estimate of drug-likeness (QED) is 0.610. The van der Waals surface area contributed by atoms with Gasteiger partial charge >= 0.3 is 5.97 Å². The third-order valence-corrected chi connectivity index (χ3v) is 3.94. The van der Waals surface area contributed by atoms with Crippen molar-refractivity contribution in [2.75, 3.05) is 13.2 Å². The van der Waals surface area contributed by atoms with E-state index in [-0.39, 0.29) is 11.3 Å². The van der Waals surface area contributed by atoms with E-state index in [9.17, 15) is 9.59 Å². The largest absolute Gasteiger partial charge is 0.486 e. The second-order valence-corrected chi connectivity index (χ2v) is 5.72. The van der Waals surface area contributed by atoms with Crippen LogP contribution in [-0.4, -0.2) is 34.5 Å². The molecule has 0 fully saturated rings. The fourth-order valence-electron chi connectivity index (χ4n) is 2.66. The van der Waals surface area contributed by atoms with Crippen molar-refractivity contribution in [3.05, 3.63) is 58.4 Å². The molecule has 3 aromatic rings. The lowest BCUT2D eigenvalue weighted by Crippen LogP contribution is -2.15. The van der Waals surface area contributed by atoms with Crippen LogP contribution in [0.2, 0.25) is 0 Å². The normalized spacial score (nSPS) is 13.0. The molecule has 2 heterocycles. The van der Waals surface area contributed by atoms with Crippen molar-refractivity contribution in [1.82, 2.24) is 10.2 Å². The molecule has 0 saturated carbocycles. The highest BCUT2D eigenvalue weighted by molar-refractivity contribution is 5.88. The summed E-state index contributed by atoms with van der Waals surface area (Å²) in [5.41, 5.74) is 1.15. The summed E-state index contributed by atoms with van der Waals surface area (Å²) in [5, 5.41) is 22.3. The van der Waals surface area contributed by atoms with Gasteiger partial charge in [-0.3, -0.25) is 15.0 Å². The van der Waals surface area contributed by atoms with Gasteiger partial charge in [-0.2, -0.15) is 5.11 Å². The number of ether oxygens (including phenoxy) is 2. The van der Waals surface area contributed by atoms with Crippen LogP contribution in [0, 0.1) is 0 Å². The second kappa shape index (κ2) is 6.79. The molecule has 9 heteroatoms. The molecule has 1 aliphatic heterocycles. The summed E-state index contributed by atoms with van der Waals surface area (Å²) >= 11 is 0. The molecule has 0 spiro atoms. The van der Waals surface area contributed by atoms with Gasteiger partial charge in [-0.05, 0) is 36.4 Å². The van der Waals surface area contributed by atoms with E-state index in [4.69, 9.17) is 14.6 Å². The number of carbonyl (C=O) groups is 1. The lowest BCUT2D eigenvalue weighted by molar-refractivity contribution is 0.0697. The molecular formula is C18H14N4O5. The monoisotopic (exact) mass is 366 g/mol. The summed E-state index contributed by atoms with van der Waals surface area (Å²) in [6, 6.07) is 11.3. The van der Waals surface area contributed by atoms with Gasteiger partial charge in [-0.1, -0.05) is 6.07 Å². The molecule has 4 rings (SSSR count). The topological polar surface area (TPSA) is 129 Å². The molecule has 136 valence electrons. The van der Waals surface area contributed by atoms with Crippen LogP contribution >= 0.6 is 0 Å². The van der Waals surface area contributed by atoms with Gasteiger partial charge in [0.2, 0.25) is 0 Å². The average Bonchev–Trinajstić information content (AvgIpc) is 3.06. The van der Waals surface area contributed by atoms with E-state index in [1.54, 1.807) is 30.3 Å². The van der Waals surface area contributed by atoms with Gasteiger partial charge < -0.3 is 14.6 Å². The Morgan fingerprint density at radius 1 is 1.00 bits per heavy atom. The molecule has 1 aromatic heterocycles.